The number of alkyl halides is 3. The van der Waals surface area contributed by atoms with E-state index in [-0.39, 0.29) is 30.3 Å². The van der Waals surface area contributed by atoms with Crippen LogP contribution in [0.1, 0.15) is 91.6 Å². The van der Waals surface area contributed by atoms with Gasteiger partial charge in [0, 0.05) is 59.4 Å². The van der Waals surface area contributed by atoms with E-state index in [2.05, 4.69) is 25.5 Å². The predicted molar refractivity (Wildman–Crippen MR) is 199 cm³/mol. The molecule has 1 fully saturated rings. The Bertz CT molecular complexity index is 1830. The molecule has 276 valence electrons. The number of hydrogen-bond donors (Lipinski definition) is 2. The van der Waals surface area contributed by atoms with E-state index in [0.717, 1.165) is 49.7 Å². The van der Waals surface area contributed by atoms with Crippen molar-refractivity contribution in [3.63, 3.8) is 0 Å². The highest BCUT2D eigenvalue weighted by molar-refractivity contribution is 7.98. The van der Waals surface area contributed by atoms with Crippen molar-refractivity contribution in [2.24, 2.45) is 5.92 Å². The molecular formula is C39H44F3N5O4S. The van der Waals surface area contributed by atoms with Crippen LogP contribution < -0.4 is 15.5 Å². The number of allylic oxidation sites excluding steroid dienone is 4. The monoisotopic (exact) mass is 735 g/mol. The number of carbonyl (C=O) groups excluding carboxylic acids is 3. The fraction of sp³-hybridized carbons (Fsp3) is 0.410. The fourth-order valence-corrected chi connectivity index (χ4v) is 6.86. The van der Waals surface area contributed by atoms with Crippen LogP contribution in [0.25, 0.3) is 5.57 Å². The molecule has 1 atom stereocenters. The van der Waals surface area contributed by atoms with Gasteiger partial charge in [-0.15, -0.1) is 0 Å². The van der Waals surface area contributed by atoms with Crippen molar-refractivity contribution in [3.8, 4) is 0 Å². The van der Waals surface area contributed by atoms with Gasteiger partial charge in [0.1, 0.15) is 5.60 Å². The van der Waals surface area contributed by atoms with Gasteiger partial charge < -0.3 is 15.0 Å². The van der Waals surface area contributed by atoms with Crippen molar-refractivity contribution in [1.82, 2.24) is 9.97 Å². The summed E-state index contributed by atoms with van der Waals surface area (Å²) in [4.78, 5) is 49.9. The van der Waals surface area contributed by atoms with Gasteiger partial charge in [-0.2, -0.15) is 24.9 Å². The van der Waals surface area contributed by atoms with Gasteiger partial charge in [0.05, 0.1) is 17.7 Å². The van der Waals surface area contributed by atoms with Crippen LogP contribution in [0.2, 0.25) is 0 Å². The molecule has 2 heterocycles. The highest BCUT2D eigenvalue weighted by Gasteiger charge is 2.38. The number of anilines is 3. The molecule has 2 aliphatic rings. The predicted octanol–water partition coefficient (Wildman–Crippen LogP) is 8.85. The Morgan fingerprint density at radius 1 is 0.962 bits per heavy atom. The number of nitrogens with zero attached hydrogens (tertiary/aromatic N) is 3. The second-order valence-corrected chi connectivity index (χ2v) is 15.1. The molecule has 3 aromatic rings. The third-order valence-corrected chi connectivity index (χ3v) is 9.65. The number of ether oxygens (including phenoxy) is 1. The number of aromatic nitrogens is 2. The van der Waals surface area contributed by atoms with Crippen LogP contribution in [0.3, 0.4) is 0 Å². The molecule has 1 aromatic heterocycles. The lowest BCUT2D eigenvalue weighted by Gasteiger charge is -2.29. The minimum absolute atomic E-state index is 0.0314. The van der Waals surface area contributed by atoms with E-state index >= 15 is 0 Å². The SMILES string of the molecule is CC1CC=C(c2cnc(NC(=O)c3cc(N4CCCCC4)ccc3NC(=O)c3cccc(CSCCC(=O)OC(C)(C)C)c3)nc2)C=C1C(F)(F)F. The van der Waals surface area contributed by atoms with E-state index in [1.54, 1.807) is 48.2 Å². The summed E-state index contributed by atoms with van der Waals surface area (Å²) < 4.78 is 45.9. The Balaban J connectivity index is 1.29. The standard InChI is InChI=1S/C39H44F3N5O4S/c1-25-11-12-27(20-32(25)39(40,41)42)29-22-43-37(44-23-29)46-36(50)31-21-30(47-16-6-5-7-17-47)13-14-33(31)45-35(49)28-10-8-9-26(19-28)24-52-18-15-34(48)51-38(2,3)4/h8-10,12-14,19-23,25H,5-7,11,15-18,24H2,1-4H3,(H,45,49)(H,43,44,46,50). The maximum Gasteiger partial charge on any atom is 0.412 e. The van der Waals surface area contributed by atoms with Gasteiger partial charge in [0.2, 0.25) is 5.95 Å². The first kappa shape index (κ1) is 38.6. The molecule has 52 heavy (non-hydrogen) atoms. The summed E-state index contributed by atoms with van der Waals surface area (Å²) in [5.41, 5.74) is 2.29. The molecule has 13 heteroatoms. The Labute approximate surface area is 306 Å². The minimum Gasteiger partial charge on any atom is -0.460 e. The number of halogens is 3. The van der Waals surface area contributed by atoms with E-state index in [4.69, 9.17) is 4.74 Å². The number of piperidine rings is 1. The summed E-state index contributed by atoms with van der Waals surface area (Å²) in [6, 6.07) is 12.5. The number of benzene rings is 2. The van der Waals surface area contributed by atoms with Crippen molar-refractivity contribution in [3.05, 3.63) is 94.8 Å². The van der Waals surface area contributed by atoms with E-state index < -0.39 is 35.1 Å². The Morgan fingerprint density at radius 3 is 2.38 bits per heavy atom. The summed E-state index contributed by atoms with van der Waals surface area (Å²) >= 11 is 1.56. The second kappa shape index (κ2) is 16.8. The molecule has 2 aromatic carbocycles. The second-order valence-electron chi connectivity index (χ2n) is 14.0. The van der Waals surface area contributed by atoms with Crippen LogP contribution in [-0.4, -0.2) is 58.4 Å². The molecule has 2 amide bonds. The molecule has 9 nitrogen and oxygen atoms in total. The summed E-state index contributed by atoms with van der Waals surface area (Å²) in [6.07, 6.45) is 4.89. The number of esters is 1. The number of thioether (sulfide) groups is 1. The lowest BCUT2D eigenvalue weighted by Crippen LogP contribution is -2.29. The molecule has 0 spiro atoms. The van der Waals surface area contributed by atoms with Gasteiger partial charge >= 0.3 is 12.1 Å². The number of amides is 2. The zero-order valence-corrected chi connectivity index (χ0v) is 30.6. The van der Waals surface area contributed by atoms with Crippen molar-refractivity contribution >= 4 is 52.4 Å². The topological polar surface area (TPSA) is 114 Å². The van der Waals surface area contributed by atoms with Crippen molar-refractivity contribution in [2.45, 2.75) is 77.3 Å². The molecule has 1 aliphatic carbocycles. The number of carbonyl (C=O) groups is 3. The molecule has 1 unspecified atom stereocenters. The highest BCUT2D eigenvalue weighted by atomic mass is 32.2. The van der Waals surface area contributed by atoms with E-state index in [1.165, 1.54) is 19.3 Å². The van der Waals surface area contributed by atoms with E-state index in [0.29, 0.717) is 33.9 Å². The normalized spacial score (nSPS) is 16.4. The number of rotatable bonds is 11. The summed E-state index contributed by atoms with van der Waals surface area (Å²) in [6.45, 7) is 8.72. The maximum atomic E-state index is 13.7. The first-order valence-electron chi connectivity index (χ1n) is 17.4. The summed E-state index contributed by atoms with van der Waals surface area (Å²) in [5.74, 6) is -0.719. The molecule has 1 saturated heterocycles. The van der Waals surface area contributed by atoms with Crippen molar-refractivity contribution < 1.29 is 32.3 Å². The van der Waals surface area contributed by atoms with Crippen LogP contribution >= 0.6 is 11.8 Å². The zero-order chi connectivity index (χ0) is 37.5. The molecule has 5 rings (SSSR count). The van der Waals surface area contributed by atoms with E-state index in [9.17, 15) is 27.6 Å². The highest BCUT2D eigenvalue weighted by Crippen LogP contribution is 2.39. The van der Waals surface area contributed by atoms with Crippen LogP contribution in [0.15, 0.2) is 72.6 Å². The van der Waals surface area contributed by atoms with Crippen LogP contribution in [0, 0.1) is 5.92 Å². The number of nitrogens with one attached hydrogen (secondary N) is 2. The van der Waals surface area contributed by atoms with Crippen LogP contribution in [0.5, 0.6) is 0 Å². The van der Waals surface area contributed by atoms with Gasteiger partial charge in [-0.25, -0.2) is 9.97 Å². The molecule has 2 N–H and O–H groups in total. The molecule has 1 aliphatic heterocycles. The third-order valence-electron chi connectivity index (χ3n) is 8.62. The molecule has 0 radical (unpaired) electrons. The van der Waals surface area contributed by atoms with Gasteiger partial charge in [-0.3, -0.25) is 19.7 Å². The van der Waals surface area contributed by atoms with Crippen LogP contribution in [-0.2, 0) is 15.3 Å². The fourth-order valence-electron chi connectivity index (χ4n) is 5.99. The third kappa shape index (κ3) is 10.7. The first-order valence-corrected chi connectivity index (χ1v) is 18.5. The Kier molecular flexibility index (Phi) is 12.5. The quantitative estimate of drug-likeness (QED) is 0.148. The van der Waals surface area contributed by atoms with Crippen molar-refractivity contribution in [1.29, 1.82) is 0 Å². The Morgan fingerprint density at radius 2 is 1.69 bits per heavy atom. The maximum absolute atomic E-state index is 13.7. The minimum atomic E-state index is -4.43. The van der Waals surface area contributed by atoms with E-state index in [1.807, 2.05) is 32.9 Å². The van der Waals surface area contributed by atoms with Gasteiger partial charge in [0.25, 0.3) is 11.8 Å². The van der Waals surface area contributed by atoms with Gasteiger partial charge in [0.15, 0.2) is 0 Å². The molecular weight excluding hydrogens is 692 g/mol. The zero-order valence-electron chi connectivity index (χ0n) is 29.8. The van der Waals surface area contributed by atoms with Crippen molar-refractivity contribution in [2.75, 3.05) is 34.4 Å². The van der Waals surface area contributed by atoms with Gasteiger partial charge in [-0.05, 0) is 99.9 Å². The first-order chi connectivity index (χ1) is 24.7. The smallest absolute Gasteiger partial charge is 0.412 e. The van der Waals surface area contributed by atoms with Crippen LogP contribution in [0.4, 0.5) is 30.5 Å². The molecule has 0 saturated carbocycles. The summed E-state index contributed by atoms with van der Waals surface area (Å²) in [7, 11) is 0. The lowest BCUT2D eigenvalue weighted by molar-refractivity contribution is -0.154. The largest absolute Gasteiger partial charge is 0.460 e. The number of hydrogen-bond acceptors (Lipinski definition) is 8. The molecule has 0 bridgehead atoms. The average Bonchev–Trinajstić information content (AvgIpc) is 3.10. The summed E-state index contributed by atoms with van der Waals surface area (Å²) in [5, 5.41) is 5.58. The van der Waals surface area contributed by atoms with Gasteiger partial charge in [-0.1, -0.05) is 25.1 Å². The average molecular weight is 736 g/mol. The Hall–Kier alpha value is -4.65. The lowest BCUT2D eigenvalue weighted by atomic mass is 9.88.